The molecule has 1 aliphatic carbocycles. The minimum Gasteiger partial charge on any atom is -0.237 e. The third-order valence-electron chi connectivity index (χ3n) is 3.48. The van der Waals surface area contributed by atoms with Crippen LogP contribution in [0.15, 0.2) is 0 Å². The number of hydrogen-bond donors (Lipinski definition) is 0. The van der Waals surface area contributed by atoms with Gasteiger partial charge in [-0.05, 0) is 12.3 Å². The lowest BCUT2D eigenvalue weighted by atomic mass is 9.87. The highest BCUT2D eigenvalue weighted by Gasteiger charge is 2.10. The van der Waals surface area contributed by atoms with E-state index in [9.17, 15) is 5.11 Å². The van der Waals surface area contributed by atoms with Crippen molar-refractivity contribution in [1.82, 2.24) is 0 Å². The van der Waals surface area contributed by atoms with Gasteiger partial charge < -0.3 is 0 Å². The fourth-order valence-electron chi connectivity index (χ4n) is 2.54. The lowest BCUT2D eigenvalue weighted by molar-refractivity contribution is 0.184. The van der Waals surface area contributed by atoms with Crippen LogP contribution >= 0.6 is 0 Å². The smallest absolute Gasteiger partial charge is 0.0822 e. The summed E-state index contributed by atoms with van der Waals surface area (Å²) in [6.07, 6.45) is 14.9. The summed E-state index contributed by atoms with van der Waals surface area (Å²) < 4.78 is 0. The van der Waals surface area contributed by atoms with Crippen molar-refractivity contribution >= 4 is 0 Å². The molecule has 1 fully saturated rings. The van der Waals surface area contributed by atoms with E-state index in [-0.39, 0.29) is 6.61 Å². The minimum absolute atomic E-state index is 0.130. The summed E-state index contributed by atoms with van der Waals surface area (Å²) in [5.74, 6) is 0.988. The van der Waals surface area contributed by atoms with Crippen molar-refractivity contribution in [2.45, 2.75) is 70.6 Å². The lowest BCUT2D eigenvalue weighted by Crippen LogP contribution is -2.03. The fourth-order valence-corrected chi connectivity index (χ4v) is 2.54. The Morgan fingerprint density at radius 1 is 0.786 bits per heavy atom. The Bertz CT molecular complexity index is 114. The SMILES string of the molecule is [O]CCCCCC1CCCCCCC1. The van der Waals surface area contributed by atoms with E-state index in [0.717, 1.165) is 12.3 Å². The summed E-state index contributed by atoms with van der Waals surface area (Å²) >= 11 is 0. The van der Waals surface area contributed by atoms with Crippen LogP contribution in [0.1, 0.15) is 70.6 Å². The summed E-state index contributed by atoms with van der Waals surface area (Å²) in [6, 6.07) is 0. The van der Waals surface area contributed by atoms with Crippen molar-refractivity contribution < 1.29 is 5.11 Å². The molecular formula is C13H25O. The summed E-state index contributed by atoms with van der Waals surface area (Å²) in [7, 11) is 0. The van der Waals surface area contributed by atoms with Gasteiger partial charge >= 0.3 is 0 Å². The Morgan fingerprint density at radius 2 is 1.43 bits per heavy atom. The van der Waals surface area contributed by atoms with Crippen LogP contribution in [0, 0.1) is 5.92 Å². The third-order valence-corrected chi connectivity index (χ3v) is 3.48. The van der Waals surface area contributed by atoms with Crippen molar-refractivity contribution in [2.75, 3.05) is 6.61 Å². The van der Waals surface area contributed by atoms with Crippen LogP contribution in [0.3, 0.4) is 0 Å². The molecule has 0 aliphatic heterocycles. The van der Waals surface area contributed by atoms with Crippen LogP contribution in [0.25, 0.3) is 0 Å². The van der Waals surface area contributed by atoms with E-state index in [1.54, 1.807) is 0 Å². The topological polar surface area (TPSA) is 19.9 Å². The van der Waals surface area contributed by atoms with Gasteiger partial charge in [0.1, 0.15) is 0 Å². The van der Waals surface area contributed by atoms with E-state index >= 15 is 0 Å². The van der Waals surface area contributed by atoms with Gasteiger partial charge in [-0.3, -0.25) is 0 Å². The van der Waals surface area contributed by atoms with Crippen LogP contribution < -0.4 is 0 Å². The van der Waals surface area contributed by atoms with Crippen LogP contribution in [0.5, 0.6) is 0 Å². The van der Waals surface area contributed by atoms with Gasteiger partial charge in [0, 0.05) is 0 Å². The molecule has 1 rings (SSSR count). The van der Waals surface area contributed by atoms with Gasteiger partial charge in [0.2, 0.25) is 0 Å². The van der Waals surface area contributed by atoms with Gasteiger partial charge in [-0.15, -0.1) is 0 Å². The molecule has 0 aromatic carbocycles. The molecule has 83 valence electrons. The van der Waals surface area contributed by atoms with Gasteiger partial charge in [-0.2, -0.15) is 0 Å². The minimum atomic E-state index is 0.130. The molecule has 0 atom stereocenters. The maximum Gasteiger partial charge on any atom is 0.0822 e. The predicted molar refractivity (Wildman–Crippen MR) is 59.8 cm³/mol. The molecular weight excluding hydrogens is 172 g/mol. The zero-order valence-corrected chi connectivity index (χ0v) is 9.47. The average molecular weight is 197 g/mol. The van der Waals surface area contributed by atoms with Crippen molar-refractivity contribution in [2.24, 2.45) is 5.92 Å². The first kappa shape index (κ1) is 12.0. The molecule has 0 unspecified atom stereocenters. The van der Waals surface area contributed by atoms with Crippen LogP contribution in [0.2, 0.25) is 0 Å². The second-order valence-electron chi connectivity index (χ2n) is 4.76. The van der Waals surface area contributed by atoms with Crippen molar-refractivity contribution in [3.8, 4) is 0 Å². The molecule has 1 heteroatoms. The van der Waals surface area contributed by atoms with E-state index in [4.69, 9.17) is 0 Å². The van der Waals surface area contributed by atoms with Crippen LogP contribution in [0.4, 0.5) is 0 Å². The molecule has 1 radical (unpaired) electrons. The lowest BCUT2D eigenvalue weighted by Gasteiger charge is -2.19. The van der Waals surface area contributed by atoms with Crippen molar-refractivity contribution in [3.05, 3.63) is 0 Å². The third kappa shape index (κ3) is 5.64. The molecule has 0 aromatic rings. The van der Waals surface area contributed by atoms with Crippen molar-refractivity contribution in [3.63, 3.8) is 0 Å². The quantitative estimate of drug-likeness (QED) is 0.584. The Kier molecular flexibility index (Phi) is 7.12. The summed E-state index contributed by atoms with van der Waals surface area (Å²) in [5, 5.41) is 10.3. The zero-order chi connectivity index (χ0) is 10.1. The predicted octanol–water partition coefficient (Wildman–Crippen LogP) is 4.34. The van der Waals surface area contributed by atoms with Gasteiger partial charge in [0.25, 0.3) is 0 Å². The molecule has 0 saturated heterocycles. The maximum absolute atomic E-state index is 10.3. The monoisotopic (exact) mass is 197 g/mol. The number of rotatable bonds is 5. The van der Waals surface area contributed by atoms with Crippen molar-refractivity contribution in [1.29, 1.82) is 0 Å². The first-order valence-electron chi connectivity index (χ1n) is 6.51. The molecule has 14 heavy (non-hydrogen) atoms. The second kappa shape index (κ2) is 8.28. The van der Waals surface area contributed by atoms with Crippen LogP contribution in [-0.4, -0.2) is 6.61 Å². The molecule has 1 saturated carbocycles. The number of unbranched alkanes of at least 4 members (excludes halogenated alkanes) is 2. The molecule has 0 N–H and O–H groups in total. The maximum atomic E-state index is 10.3. The molecule has 0 heterocycles. The van der Waals surface area contributed by atoms with E-state index in [1.807, 2.05) is 0 Å². The Morgan fingerprint density at radius 3 is 2.07 bits per heavy atom. The molecule has 0 bridgehead atoms. The normalized spacial score (nSPS) is 20.4. The first-order chi connectivity index (χ1) is 6.93. The van der Waals surface area contributed by atoms with Gasteiger partial charge in [-0.1, -0.05) is 64.2 Å². The summed E-state index contributed by atoms with van der Waals surface area (Å²) in [5.41, 5.74) is 0. The van der Waals surface area contributed by atoms with E-state index in [0.29, 0.717) is 0 Å². The Balaban J connectivity index is 2.02. The number of hydrogen-bond acceptors (Lipinski definition) is 0. The van der Waals surface area contributed by atoms with Gasteiger partial charge in [0.05, 0.1) is 6.61 Å². The standard InChI is InChI=1S/C13H25O/c14-12-8-4-7-11-13-9-5-2-1-3-6-10-13/h13H,1-12H2. The molecule has 1 aliphatic rings. The van der Waals surface area contributed by atoms with E-state index in [2.05, 4.69) is 0 Å². The van der Waals surface area contributed by atoms with Gasteiger partial charge in [-0.25, -0.2) is 5.11 Å². The molecule has 0 spiro atoms. The summed E-state index contributed by atoms with van der Waals surface area (Å²) in [6.45, 7) is 0.130. The largest absolute Gasteiger partial charge is 0.237 e. The Labute approximate surface area is 88.9 Å². The molecule has 0 amide bonds. The van der Waals surface area contributed by atoms with Gasteiger partial charge in [0.15, 0.2) is 0 Å². The second-order valence-corrected chi connectivity index (χ2v) is 4.76. The zero-order valence-electron chi connectivity index (χ0n) is 9.47. The van der Waals surface area contributed by atoms with Crippen LogP contribution in [-0.2, 0) is 5.11 Å². The highest BCUT2D eigenvalue weighted by molar-refractivity contribution is 4.63. The Hall–Kier alpha value is -0.0400. The highest BCUT2D eigenvalue weighted by atomic mass is 16.2. The first-order valence-corrected chi connectivity index (χ1v) is 6.51. The summed E-state index contributed by atoms with van der Waals surface area (Å²) in [4.78, 5) is 0. The fraction of sp³-hybridized carbons (Fsp3) is 1.00. The molecule has 0 aromatic heterocycles. The van der Waals surface area contributed by atoms with E-state index < -0.39 is 0 Å². The average Bonchev–Trinajstić information content (AvgIpc) is 2.15. The molecule has 1 nitrogen and oxygen atoms in total. The highest BCUT2D eigenvalue weighted by Crippen LogP contribution is 2.26. The van der Waals surface area contributed by atoms with E-state index in [1.165, 1.54) is 64.2 Å².